The van der Waals surface area contributed by atoms with Crippen LogP contribution >= 0.6 is 0 Å². The minimum absolute atomic E-state index is 0.569. The highest BCUT2D eigenvalue weighted by Crippen LogP contribution is 2.26. The van der Waals surface area contributed by atoms with Crippen molar-refractivity contribution in [2.45, 2.75) is 45.3 Å². The summed E-state index contributed by atoms with van der Waals surface area (Å²) in [6.45, 7) is 7.12. The second-order valence-corrected chi connectivity index (χ2v) is 7.13. The summed E-state index contributed by atoms with van der Waals surface area (Å²) in [6.07, 6.45) is 3.80. The molecule has 2 N–H and O–H groups in total. The standard InChI is InChI=1S/C19H27N3O/c1-19(2,23)14-20-13-16-12-15-8-4-5-9-17(15)21-18(16)22-10-6-3-7-11-22/h4-5,8-9,12,20,23H,3,6-7,10-11,13-14H2,1-2H3. The van der Waals surface area contributed by atoms with E-state index >= 15 is 0 Å². The molecule has 1 saturated heterocycles. The van der Waals surface area contributed by atoms with Crippen molar-refractivity contribution in [3.63, 3.8) is 0 Å². The molecule has 0 saturated carbocycles. The number of fused-ring (bicyclic) bond motifs is 1. The van der Waals surface area contributed by atoms with Gasteiger partial charge in [-0.25, -0.2) is 4.98 Å². The molecular weight excluding hydrogens is 286 g/mol. The van der Waals surface area contributed by atoms with Crippen molar-refractivity contribution in [2.75, 3.05) is 24.5 Å². The third-order valence-electron chi connectivity index (χ3n) is 4.31. The molecule has 23 heavy (non-hydrogen) atoms. The fourth-order valence-corrected chi connectivity index (χ4v) is 3.16. The summed E-state index contributed by atoms with van der Waals surface area (Å²) in [7, 11) is 0. The summed E-state index contributed by atoms with van der Waals surface area (Å²) in [5, 5.41) is 14.4. The quantitative estimate of drug-likeness (QED) is 0.890. The SMILES string of the molecule is CC(C)(O)CNCc1cc2ccccc2nc1N1CCCCC1. The van der Waals surface area contributed by atoms with Gasteiger partial charge in [-0.1, -0.05) is 18.2 Å². The minimum atomic E-state index is -0.699. The highest BCUT2D eigenvalue weighted by Gasteiger charge is 2.18. The highest BCUT2D eigenvalue weighted by atomic mass is 16.3. The summed E-state index contributed by atoms with van der Waals surface area (Å²) in [5.74, 6) is 1.10. The lowest BCUT2D eigenvalue weighted by Crippen LogP contribution is -2.35. The van der Waals surface area contributed by atoms with E-state index in [0.717, 1.165) is 31.0 Å². The Kier molecular flexibility index (Phi) is 4.83. The first-order valence-corrected chi connectivity index (χ1v) is 8.60. The number of benzene rings is 1. The van der Waals surface area contributed by atoms with E-state index in [-0.39, 0.29) is 0 Å². The molecule has 1 fully saturated rings. The lowest BCUT2D eigenvalue weighted by molar-refractivity contribution is 0.0795. The van der Waals surface area contributed by atoms with Crippen LogP contribution in [0.3, 0.4) is 0 Å². The van der Waals surface area contributed by atoms with Crippen LogP contribution in [0.4, 0.5) is 5.82 Å². The van der Waals surface area contributed by atoms with Gasteiger partial charge < -0.3 is 15.3 Å². The molecule has 1 aliphatic rings. The fourth-order valence-electron chi connectivity index (χ4n) is 3.16. The molecule has 0 bridgehead atoms. The number of nitrogens with one attached hydrogen (secondary N) is 1. The Hall–Kier alpha value is -1.65. The zero-order chi connectivity index (χ0) is 16.3. The maximum atomic E-state index is 9.90. The molecule has 0 atom stereocenters. The number of aromatic nitrogens is 1. The molecule has 1 aliphatic heterocycles. The molecule has 2 aromatic rings. The van der Waals surface area contributed by atoms with Crippen LogP contribution in [0, 0.1) is 0 Å². The van der Waals surface area contributed by atoms with Crippen LogP contribution in [0.5, 0.6) is 0 Å². The third kappa shape index (κ3) is 4.21. The Morgan fingerprint density at radius 2 is 1.91 bits per heavy atom. The van der Waals surface area contributed by atoms with Gasteiger partial charge in [0.25, 0.3) is 0 Å². The van der Waals surface area contributed by atoms with Gasteiger partial charge in [-0.15, -0.1) is 0 Å². The maximum absolute atomic E-state index is 9.90. The minimum Gasteiger partial charge on any atom is -0.389 e. The molecule has 124 valence electrons. The van der Waals surface area contributed by atoms with Crippen LogP contribution < -0.4 is 10.2 Å². The first-order valence-electron chi connectivity index (χ1n) is 8.60. The van der Waals surface area contributed by atoms with E-state index in [4.69, 9.17) is 4.98 Å². The summed E-state index contributed by atoms with van der Waals surface area (Å²) in [5.41, 5.74) is 1.57. The average Bonchev–Trinajstić information content (AvgIpc) is 2.54. The zero-order valence-electron chi connectivity index (χ0n) is 14.2. The third-order valence-corrected chi connectivity index (χ3v) is 4.31. The predicted octanol–water partition coefficient (Wildman–Crippen LogP) is 3.09. The van der Waals surface area contributed by atoms with Gasteiger partial charge in [-0.2, -0.15) is 0 Å². The van der Waals surface area contributed by atoms with Crippen LogP contribution in [0.25, 0.3) is 10.9 Å². The Bertz CT molecular complexity index is 657. The molecule has 0 unspecified atom stereocenters. The van der Waals surface area contributed by atoms with E-state index in [0.29, 0.717) is 6.54 Å². The van der Waals surface area contributed by atoms with Gasteiger partial charge >= 0.3 is 0 Å². The number of hydrogen-bond acceptors (Lipinski definition) is 4. The normalized spacial score (nSPS) is 16.0. The Labute approximate surface area is 138 Å². The van der Waals surface area contributed by atoms with Gasteiger partial charge in [-0.05, 0) is 45.2 Å². The molecular formula is C19H27N3O. The Balaban J connectivity index is 1.88. The number of rotatable bonds is 5. The summed E-state index contributed by atoms with van der Waals surface area (Å²) in [4.78, 5) is 7.35. The van der Waals surface area contributed by atoms with E-state index in [1.54, 1.807) is 0 Å². The maximum Gasteiger partial charge on any atom is 0.133 e. The number of pyridine rings is 1. The van der Waals surface area contributed by atoms with Crippen molar-refractivity contribution in [3.8, 4) is 0 Å². The van der Waals surface area contributed by atoms with Gasteiger partial charge in [0.05, 0.1) is 11.1 Å². The number of hydrogen-bond donors (Lipinski definition) is 2. The zero-order valence-corrected chi connectivity index (χ0v) is 14.2. The summed E-state index contributed by atoms with van der Waals surface area (Å²) in [6, 6.07) is 10.5. The van der Waals surface area contributed by atoms with Crippen molar-refractivity contribution in [1.29, 1.82) is 0 Å². The van der Waals surface area contributed by atoms with Gasteiger partial charge in [0, 0.05) is 37.1 Å². The number of nitrogens with zero attached hydrogens (tertiary/aromatic N) is 2. The molecule has 1 aromatic heterocycles. The van der Waals surface area contributed by atoms with Crippen molar-refractivity contribution >= 4 is 16.7 Å². The number of aliphatic hydroxyl groups is 1. The Morgan fingerprint density at radius 3 is 2.65 bits per heavy atom. The van der Waals surface area contributed by atoms with Crippen LogP contribution in [0.15, 0.2) is 30.3 Å². The van der Waals surface area contributed by atoms with Crippen LogP contribution in [0.1, 0.15) is 38.7 Å². The lowest BCUT2D eigenvalue weighted by Gasteiger charge is -2.30. The Morgan fingerprint density at radius 1 is 1.17 bits per heavy atom. The van der Waals surface area contributed by atoms with E-state index in [2.05, 4.69) is 34.5 Å². The summed E-state index contributed by atoms with van der Waals surface area (Å²) >= 11 is 0. The van der Waals surface area contributed by atoms with Gasteiger partial charge in [0.1, 0.15) is 5.82 Å². The van der Waals surface area contributed by atoms with E-state index in [1.165, 1.54) is 30.2 Å². The van der Waals surface area contributed by atoms with Gasteiger partial charge in [-0.3, -0.25) is 0 Å². The summed E-state index contributed by atoms with van der Waals surface area (Å²) < 4.78 is 0. The first-order chi connectivity index (χ1) is 11.0. The van der Waals surface area contributed by atoms with Crippen LogP contribution in [-0.2, 0) is 6.54 Å². The van der Waals surface area contributed by atoms with E-state index in [1.807, 2.05) is 19.9 Å². The van der Waals surface area contributed by atoms with E-state index < -0.39 is 5.60 Å². The van der Waals surface area contributed by atoms with Crippen molar-refractivity contribution in [1.82, 2.24) is 10.3 Å². The highest BCUT2D eigenvalue weighted by molar-refractivity contribution is 5.81. The molecule has 0 spiro atoms. The van der Waals surface area contributed by atoms with Crippen molar-refractivity contribution < 1.29 is 5.11 Å². The molecule has 2 heterocycles. The largest absolute Gasteiger partial charge is 0.389 e. The monoisotopic (exact) mass is 313 g/mol. The fraction of sp³-hybridized carbons (Fsp3) is 0.526. The second kappa shape index (κ2) is 6.85. The topological polar surface area (TPSA) is 48.4 Å². The molecule has 3 rings (SSSR count). The van der Waals surface area contributed by atoms with Crippen molar-refractivity contribution in [3.05, 3.63) is 35.9 Å². The second-order valence-electron chi connectivity index (χ2n) is 7.13. The van der Waals surface area contributed by atoms with E-state index in [9.17, 15) is 5.11 Å². The first kappa shape index (κ1) is 16.2. The van der Waals surface area contributed by atoms with Crippen molar-refractivity contribution in [2.24, 2.45) is 0 Å². The number of piperidine rings is 1. The molecule has 4 heteroatoms. The van der Waals surface area contributed by atoms with Crippen LogP contribution in [-0.4, -0.2) is 35.3 Å². The smallest absolute Gasteiger partial charge is 0.133 e. The molecule has 1 aromatic carbocycles. The number of para-hydroxylation sites is 1. The molecule has 0 radical (unpaired) electrons. The predicted molar refractivity (Wildman–Crippen MR) is 95.8 cm³/mol. The lowest BCUT2D eigenvalue weighted by atomic mass is 10.1. The number of anilines is 1. The average molecular weight is 313 g/mol. The molecule has 0 amide bonds. The van der Waals surface area contributed by atoms with Gasteiger partial charge in [0.2, 0.25) is 0 Å². The van der Waals surface area contributed by atoms with Gasteiger partial charge in [0.15, 0.2) is 0 Å². The molecule has 4 nitrogen and oxygen atoms in total. The van der Waals surface area contributed by atoms with Crippen LogP contribution in [0.2, 0.25) is 0 Å². The molecule has 0 aliphatic carbocycles.